The molecule has 2 rings (SSSR count). The summed E-state index contributed by atoms with van der Waals surface area (Å²) >= 11 is 1.41. The molecule has 23 heavy (non-hydrogen) atoms. The van der Waals surface area contributed by atoms with Gasteiger partial charge in [0.15, 0.2) is 11.6 Å². The molecule has 0 bridgehead atoms. The summed E-state index contributed by atoms with van der Waals surface area (Å²) < 4.78 is 10.2. The molecule has 1 N–H and O–H groups in total. The van der Waals surface area contributed by atoms with Crippen molar-refractivity contribution >= 4 is 33.3 Å². The number of carbonyl (C=O) groups is 1. The maximum absolute atomic E-state index is 12.3. The molecule has 0 unspecified atom stereocenters. The zero-order valence-electron chi connectivity index (χ0n) is 13.5. The van der Waals surface area contributed by atoms with E-state index in [2.05, 4.69) is 16.5 Å². The predicted octanol–water partition coefficient (Wildman–Crippen LogP) is 2.80. The Morgan fingerprint density at radius 3 is 2.65 bits per heavy atom. The lowest BCUT2D eigenvalue weighted by molar-refractivity contribution is -0.143. The van der Waals surface area contributed by atoms with Crippen LogP contribution in [0.3, 0.4) is 0 Å². The molecule has 0 spiro atoms. The maximum Gasteiger partial charge on any atom is 0.306 e. The Bertz CT molecular complexity index is 791. The molecule has 2 aromatic rings. The fraction of sp³-hybridized carbons (Fsp3) is 0.438. The van der Waals surface area contributed by atoms with E-state index in [0.29, 0.717) is 41.4 Å². The Morgan fingerprint density at radius 2 is 2.00 bits per heavy atom. The summed E-state index contributed by atoms with van der Waals surface area (Å²) in [6.07, 6.45) is 0.824. The average Bonchev–Trinajstić information content (AvgIpc) is 2.82. The molecule has 6 nitrogen and oxygen atoms in total. The van der Waals surface area contributed by atoms with Gasteiger partial charge in [-0.2, -0.15) is 0 Å². The monoisotopic (exact) mass is 336 g/mol. The number of carbonyl (C=O) groups excluding carboxylic acids is 1. The number of aromatic amines is 1. The summed E-state index contributed by atoms with van der Waals surface area (Å²) in [7, 11) is 0. The number of nitrogens with zero attached hydrogens (tertiary/aromatic N) is 1. The second kappa shape index (κ2) is 7.41. The van der Waals surface area contributed by atoms with Crippen LogP contribution < -0.4 is 5.56 Å². The number of thiophene rings is 1. The van der Waals surface area contributed by atoms with Gasteiger partial charge >= 0.3 is 5.97 Å². The van der Waals surface area contributed by atoms with E-state index in [1.165, 1.54) is 11.3 Å². The molecule has 124 valence electrons. The number of hydrogen-bond acceptors (Lipinski definition) is 6. The number of aryl methyl sites for hydroxylation is 2. The minimum absolute atomic E-state index is 0.220. The predicted molar refractivity (Wildman–Crippen MR) is 90.6 cm³/mol. The molecule has 0 fully saturated rings. The lowest BCUT2D eigenvalue weighted by Gasteiger charge is -2.05. The lowest BCUT2D eigenvalue weighted by atomic mass is 10.1. The van der Waals surface area contributed by atoms with Gasteiger partial charge in [0, 0.05) is 4.88 Å². The lowest BCUT2D eigenvalue weighted by Crippen LogP contribution is -2.11. The molecule has 0 aliphatic heterocycles. The number of aromatic nitrogens is 2. The van der Waals surface area contributed by atoms with Gasteiger partial charge in [-0.05, 0) is 32.8 Å². The van der Waals surface area contributed by atoms with Crippen LogP contribution in [-0.4, -0.2) is 29.2 Å². The van der Waals surface area contributed by atoms with E-state index in [4.69, 9.17) is 9.47 Å². The van der Waals surface area contributed by atoms with Crippen LogP contribution in [0.25, 0.3) is 16.0 Å². The summed E-state index contributed by atoms with van der Waals surface area (Å²) in [6, 6.07) is 0. The van der Waals surface area contributed by atoms with Crippen molar-refractivity contribution in [3.63, 3.8) is 0 Å². The molecular weight excluding hydrogens is 316 g/mol. The molecule has 0 aromatic carbocycles. The zero-order chi connectivity index (χ0) is 17.0. The highest BCUT2D eigenvalue weighted by molar-refractivity contribution is 7.18. The maximum atomic E-state index is 12.3. The molecule has 0 saturated carbocycles. The van der Waals surface area contributed by atoms with Crippen molar-refractivity contribution < 1.29 is 14.3 Å². The first-order chi connectivity index (χ1) is 11.0. The van der Waals surface area contributed by atoms with Crippen molar-refractivity contribution in [2.24, 2.45) is 0 Å². The Balaban J connectivity index is 2.33. The third-order valence-corrected chi connectivity index (χ3v) is 4.59. The van der Waals surface area contributed by atoms with Crippen molar-refractivity contribution in [2.75, 3.05) is 13.2 Å². The first-order valence-electron chi connectivity index (χ1n) is 7.47. The minimum atomic E-state index is -0.239. The number of hydrogen-bond donors (Lipinski definition) is 1. The van der Waals surface area contributed by atoms with Crippen LogP contribution in [0, 0.1) is 6.92 Å². The molecule has 0 aliphatic carbocycles. The molecule has 0 aliphatic rings. The third-order valence-electron chi connectivity index (χ3n) is 3.34. The quantitative estimate of drug-likeness (QED) is 0.621. The van der Waals surface area contributed by atoms with E-state index in [1.807, 2.05) is 13.8 Å². The number of nitrogens with one attached hydrogen (secondary N) is 1. The van der Waals surface area contributed by atoms with Gasteiger partial charge in [-0.25, -0.2) is 4.98 Å². The van der Waals surface area contributed by atoms with Gasteiger partial charge in [-0.3, -0.25) is 9.59 Å². The second-order valence-corrected chi connectivity index (χ2v) is 5.99. The van der Waals surface area contributed by atoms with Crippen LogP contribution in [0.15, 0.2) is 11.4 Å². The second-order valence-electron chi connectivity index (χ2n) is 4.91. The van der Waals surface area contributed by atoms with E-state index in [1.54, 1.807) is 6.92 Å². The smallest absolute Gasteiger partial charge is 0.306 e. The Morgan fingerprint density at radius 1 is 1.30 bits per heavy atom. The SMILES string of the molecule is C=C(OCC)c1nc2sc(CCC(=O)OCC)c(C)c2c(=O)[nH]1. The number of rotatable bonds is 7. The molecular formula is C16H20N2O4S. The summed E-state index contributed by atoms with van der Waals surface area (Å²) in [5, 5.41) is 0.557. The minimum Gasteiger partial charge on any atom is -0.491 e. The van der Waals surface area contributed by atoms with Gasteiger partial charge in [-0.15, -0.1) is 11.3 Å². The van der Waals surface area contributed by atoms with E-state index in [-0.39, 0.29) is 17.9 Å². The Kier molecular flexibility index (Phi) is 5.54. The molecule has 0 atom stereocenters. The molecule has 0 radical (unpaired) electrons. The molecule has 2 aromatic heterocycles. The fourth-order valence-electron chi connectivity index (χ4n) is 2.25. The van der Waals surface area contributed by atoms with Crippen LogP contribution in [0.4, 0.5) is 0 Å². The highest BCUT2D eigenvalue weighted by Gasteiger charge is 2.16. The van der Waals surface area contributed by atoms with Gasteiger partial charge in [0.25, 0.3) is 5.56 Å². The van der Waals surface area contributed by atoms with Gasteiger partial charge in [0.2, 0.25) is 0 Å². The van der Waals surface area contributed by atoms with E-state index < -0.39 is 0 Å². The van der Waals surface area contributed by atoms with Crippen molar-refractivity contribution in [1.29, 1.82) is 0 Å². The van der Waals surface area contributed by atoms with Crippen LogP contribution in [0.1, 0.15) is 36.5 Å². The fourth-order valence-corrected chi connectivity index (χ4v) is 3.43. The van der Waals surface area contributed by atoms with Gasteiger partial charge < -0.3 is 14.5 Å². The van der Waals surface area contributed by atoms with Crippen LogP contribution in [0.5, 0.6) is 0 Å². The number of esters is 1. The van der Waals surface area contributed by atoms with E-state index in [9.17, 15) is 9.59 Å². The number of fused-ring (bicyclic) bond motifs is 1. The molecule has 0 saturated heterocycles. The summed E-state index contributed by atoms with van der Waals surface area (Å²) in [4.78, 5) is 32.5. The van der Waals surface area contributed by atoms with Crippen molar-refractivity contribution in [2.45, 2.75) is 33.6 Å². The van der Waals surface area contributed by atoms with Crippen LogP contribution in [-0.2, 0) is 20.7 Å². The van der Waals surface area contributed by atoms with E-state index >= 15 is 0 Å². The summed E-state index contributed by atoms with van der Waals surface area (Å²) in [5.74, 6) is 0.435. The Labute approximate surface area is 138 Å². The van der Waals surface area contributed by atoms with Gasteiger partial charge in [-0.1, -0.05) is 6.58 Å². The summed E-state index contributed by atoms with van der Waals surface area (Å²) in [6.45, 7) is 10.1. The first-order valence-corrected chi connectivity index (χ1v) is 8.29. The zero-order valence-corrected chi connectivity index (χ0v) is 14.3. The number of H-pyrrole nitrogens is 1. The molecule has 2 heterocycles. The van der Waals surface area contributed by atoms with E-state index in [0.717, 1.165) is 10.4 Å². The largest absolute Gasteiger partial charge is 0.491 e. The van der Waals surface area contributed by atoms with Crippen LogP contribution >= 0.6 is 11.3 Å². The first kappa shape index (κ1) is 17.2. The number of ether oxygens (including phenoxy) is 2. The van der Waals surface area contributed by atoms with Crippen LogP contribution in [0.2, 0.25) is 0 Å². The van der Waals surface area contributed by atoms with Crippen molar-refractivity contribution in [1.82, 2.24) is 9.97 Å². The summed E-state index contributed by atoms with van der Waals surface area (Å²) in [5.41, 5.74) is 0.638. The molecule has 7 heteroatoms. The van der Waals surface area contributed by atoms with Gasteiger partial charge in [0.05, 0.1) is 25.0 Å². The van der Waals surface area contributed by atoms with Crippen molar-refractivity contribution in [3.05, 3.63) is 33.2 Å². The highest BCUT2D eigenvalue weighted by Crippen LogP contribution is 2.28. The van der Waals surface area contributed by atoms with Gasteiger partial charge in [0.1, 0.15) is 4.83 Å². The normalized spacial score (nSPS) is 10.7. The topological polar surface area (TPSA) is 81.3 Å². The average molecular weight is 336 g/mol. The standard InChI is InChI=1S/C16H20N2O4S/c1-5-21-10(4)14-17-15(20)13-9(3)11(23-16(13)18-14)7-8-12(19)22-6-2/h4-8H2,1-3H3,(H,17,18,20). The highest BCUT2D eigenvalue weighted by atomic mass is 32.1. The third kappa shape index (κ3) is 3.79. The Hall–Kier alpha value is -2.15. The van der Waals surface area contributed by atoms with Crippen molar-refractivity contribution in [3.8, 4) is 0 Å². The molecule has 0 amide bonds.